The molecule has 2 aromatic rings. The van der Waals surface area contributed by atoms with Gasteiger partial charge in [0.1, 0.15) is 5.75 Å². The Labute approximate surface area is 136 Å². The third kappa shape index (κ3) is 3.55. The summed E-state index contributed by atoms with van der Waals surface area (Å²) in [4.78, 5) is 0. The van der Waals surface area contributed by atoms with Crippen molar-refractivity contribution in [2.75, 3.05) is 12.4 Å². The zero-order valence-electron chi connectivity index (χ0n) is 11.7. The molecule has 2 aromatic carbocycles. The maximum atomic E-state index is 5.48. The van der Waals surface area contributed by atoms with E-state index in [-0.39, 0.29) is 6.04 Å². The Bertz CT molecular complexity index is 613. The van der Waals surface area contributed by atoms with Crippen molar-refractivity contribution in [3.63, 3.8) is 0 Å². The molecule has 0 aliphatic carbocycles. The fourth-order valence-corrected chi connectivity index (χ4v) is 3.26. The SMILES string of the molecule is COc1cc(C)ccc1C(C)Nc1ccc(Br)cc1Br. The van der Waals surface area contributed by atoms with Gasteiger partial charge in [-0.05, 0) is 59.6 Å². The van der Waals surface area contributed by atoms with E-state index in [2.05, 4.69) is 69.2 Å². The zero-order valence-corrected chi connectivity index (χ0v) is 14.9. The van der Waals surface area contributed by atoms with Crippen LogP contribution in [0.4, 0.5) is 5.69 Å². The van der Waals surface area contributed by atoms with Crippen LogP contribution in [0.2, 0.25) is 0 Å². The van der Waals surface area contributed by atoms with E-state index < -0.39 is 0 Å². The van der Waals surface area contributed by atoms with Gasteiger partial charge in [0.05, 0.1) is 13.2 Å². The largest absolute Gasteiger partial charge is 0.496 e. The predicted octanol–water partition coefficient (Wildman–Crippen LogP) is 5.70. The molecule has 1 N–H and O–H groups in total. The van der Waals surface area contributed by atoms with Crippen molar-refractivity contribution in [2.24, 2.45) is 0 Å². The monoisotopic (exact) mass is 397 g/mol. The minimum atomic E-state index is 0.156. The second-order valence-corrected chi connectivity index (χ2v) is 6.51. The molecule has 0 fully saturated rings. The number of anilines is 1. The van der Waals surface area contributed by atoms with Crippen LogP contribution in [0.1, 0.15) is 24.1 Å². The molecular formula is C16H17Br2NO. The van der Waals surface area contributed by atoms with Crippen molar-refractivity contribution in [1.29, 1.82) is 0 Å². The first-order valence-electron chi connectivity index (χ1n) is 6.37. The highest BCUT2D eigenvalue weighted by molar-refractivity contribution is 9.11. The van der Waals surface area contributed by atoms with E-state index >= 15 is 0 Å². The third-order valence-electron chi connectivity index (χ3n) is 3.16. The molecule has 106 valence electrons. The second-order valence-electron chi connectivity index (χ2n) is 4.74. The van der Waals surface area contributed by atoms with Crippen molar-refractivity contribution < 1.29 is 4.74 Å². The molecule has 0 heterocycles. The maximum absolute atomic E-state index is 5.48. The Morgan fingerprint density at radius 1 is 1.10 bits per heavy atom. The van der Waals surface area contributed by atoms with Gasteiger partial charge in [-0.1, -0.05) is 28.1 Å². The van der Waals surface area contributed by atoms with Crippen molar-refractivity contribution in [2.45, 2.75) is 19.9 Å². The van der Waals surface area contributed by atoms with E-state index in [9.17, 15) is 0 Å². The quantitative estimate of drug-likeness (QED) is 0.712. The molecule has 20 heavy (non-hydrogen) atoms. The lowest BCUT2D eigenvalue weighted by Gasteiger charge is -2.19. The van der Waals surface area contributed by atoms with Crippen LogP contribution < -0.4 is 10.1 Å². The molecule has 2 nitrogen and oxygen atoms in total. The first-order valence-corrected chi connectivity index (χ1v) is 7.96. The highest BCUT2D eigenvalue weighted by Crippen LogP contribution is 2.32. The Kier molecular flexibility index (Phi) is 5.11. The first kappa shape index (κ1) is 15.4. The summed E-state index contributed by atoms with van der Waals surface area (Å²) in [6, 6.07) is 12.5. The lowest BCUT2D eigenvalue weighted by molar-refractivity contribution is 0.407. The minimum Gasteiger partial charge on any atom is -0.496 e. The molecule has 1 unspecified atom stereocenters. The lowest BCUT2D eigenvalue weighted by Crippen LogP contribution is -2.08. The Morgan fingerprint density at radius 2 is 1.85 bits per heavy atom. The summed E-state index contributed by atoms with van der Waals surface area (Å²) in [5.74, 6) is 0.915. The van der Waals surface area contributed by atoms with Crippen LogP contribution in [0.5, 0.6) is 5.75 Å². The zero-order chi connectivity index (χ0) is 14.7. The van der Waals surface area contributed by atoms with Crippen LogP contribution in [0, 0.1) is 6.92 Å². The van der Waals surface area contributed by atoms with Crippen molar-refractivity contribution in [1.82, 2.24) is 0 Å². The molecule has 1 atom stereocenters. The van der Waals surface area contributed by atoms with Gasteiger partial charge in [-0.3, -0.25) is 0 Å². The third-order valence-corrected chi connectivity index (χ3v) is 4.31. The number of aryl methyl sites for hydroxylation is 1. The van der Waals surface area contributed by atoms with E-state index in [1.54, 1.807) is 7.11 Å². The second kappa shape index (κ2) is 6.64. The van der Waals surface area contributed by atoms with Crippen LogP contribution in [0.25, 0.3) is 0 Å². The van der Waals surface area contributed by atoms with Gasteiger partial charge in [0.15, 0.2) is 0 Å². The van der Waals surface area contributed by atoms with E-state index in [0.29, 0.717) is 0 Å². The molecule has 0 aromatic heterocycles. The highest BCUT2D eigenvalue weighted by atomic mass is 79.9. The van der Waals surface area contributed by atoms with Crippen LogP contribution in [0.15, 0.2) is 45.3 Å². The summed E-state index contributed by atoms with van der Waals surface area (Å²) in [5, 5.41) is 3.50. The molecule has 0 aliphatic rings. The smallest absolute Gasteiger partial charge is 0.124 e. The van der Waals surface area contributed by atoms with Crippen molar-refractivity contribution in [3.05, 3.63) is 56.5 Å². The van der Waals surface area contributed by atoms with Crippen LogP contribution in [-0.2, 0) is 0 Å². The average molecular weight is 399 g/mol. The van der Waals surface area contributed by atoms with Crippen molar-refractivity contribution in [3.8, 4) is 5.75 Å². The number of benzene rings is 2. The molecule has 0 amide bonds. The summed E-state index contributed by atoms with van der Waals surface area (Å²) in [5.41, 5.74) is 3.40. The van der Waals surface area contributed by atoms with Crippen LogP contribution in [0.3, 0.4) is 0 Å². The number of ether oxygens (including phenoxy) is 1. The molecule has 0 aliphatic heterocycles. The van der Waals surface area contributed by atoms with Crippen LogP contribution >= 0.6 is 31.9 Å². The molecule has 2 rings (SSSR count). The normalized spacial score (nSPS) is 12.1. The van der Waals surface area contributed by atoms with Gasteiger partial charge in [0, 0.05) is 20.2 Å². The Morgan fingerprint density at radius 3 is 2.50 bits per heavy atom. The molecule has 0 spiro atoms. The fraction of sp³-hybridized carbons (Fsp3) is 0.250. The fourth-order valence-electron chi connectivity index (χ4n) is 2.09. The van der Waals surface area contributed by atoms with E-state index in [4.69, 9.17) is 4.74 Å². The van der Waals surface area contributed by atoms with Gasteiger partial charge in [0.25, 0.3) is 0 Å². The summed E-state index contributed by atoms with van der Waals surface area (Å²) < 4.78 is 7.56. The minimum absolute atomic E-state index is 0.156. The van der Waals surface area contributed by atoms with Gasteiger partial charge >= 0.3 is 0 Å². The average Bonchev–Trinajstić information content (AvgIpc) is 2.41. The van der Waals surface area contributed by atoms with Crippen molar-refractivity contribution >= 4 is 37.5 Å². The summed E-state index contributed by atoms with van der Waals surface area (Å²) >= 11 is 7.03. The molecular weight excluding hydrogens is 382 g/mol. The van der Waals surface area contributed by atoms with Gasteiger partial charge in [0.2, 0.25) is 0 Å². The van der Waals surface area contributed by atoms with Gasteiger partial charge in [-0.2, -0.15) is 0 Å². The van der Waals surface area contributed by atoms with E-state index in [1.807, 2.05) is 18.2 Å². The van der Waals surface area contributed by atoms with Gasteiger partial charge in [-0.15, -0.1) is 0 Å². The summed E-state index contributed by atoms with van der Waals surface area (Å²) in [7, 11) is 1.71. The number of nitrogens with one attached hydrogen (secondary N) is 1. The predicted molar refractivity (Wildman–Crippen MR) is 91.6 cm³/mol. The van der Waals surface area contributed by atoms with E-state index in [1.165, 1.54) is 5.56 Å². The number of hydrogen-bond acceptors (Lipinski definition) is 2. The highest BCUT2D eigenvalue weighted by Gasteiger charge is 2.12. The molecule has 0 radical (unpaired) electrons. The number of rotatable bonds is 4. The Balaban J connectivity index is 2.25. The van der Waals surface area contributed by atoms with Crippen LogP contribution in [-0.4, -0.2) is 7.11 Å². The molecule has 0 saturated heterocycles. The lowest BCUT2D eigenvalue weighted by atomic mass is 10.0. The standard InChI is InChI=1S/C16H17Br2NO/c1-10-4-6-13(16(8-10)20-3)11(2)19-15-7-5-12(17)9-14(15)18/h4-9,11,19H,1-3H3. The Hall–Kier alpha value is -1.000. The summed E-state index contributed by atoms with van der Waals surface area (Å²) in [6.45, 7) is 4.19. The molecule has 0 saturated carbocycles. The first-order chi connectivity index (χ1) is 9.51. The molecule has 0 bridgehead atoms. The molecule has 4 heteroatoms. The van der Waals surface area contributed by atoms with E-state index in [0.717, 1.165) is 25.9 Å². The number of methoxy groups -OCH3 is 1. The maximum Gasteiger partial charge on any atom is 0.124 e. The van der Waals surface area contributed by atoms with Gasteiger partial charge < -0.3 is 10.1 Å². The van der Waals surface area contributed by atoms with Gasteiger partial charge in [-0.25, -0.2) is 0 Å². The topological polar surface area (TPSA) is 21.3 Å². The number of halogens is 2. The number of hydrogen-bond donors (Lipinski definition) is 1. The summed E-state index contributed by atoms with van der Waals surface area (Å²) in [6.07, 6.45) is 0.